The summed E-state index contributed by atoms with van der Waals surface area (Å²) in [7, 11) is -3.41. The number of carbonyl (C=O) groups is 1. The van der Waals surface area contributed by atoms with Crippen LogP contribution in [0.2, 0.25) is 0 Å². The van der Waals surface area contributed by atoms with Crippen LogP contribution < -0.4 is 4.74 Å². The number of carbonyl (C=O) groups excluding carboxylic acids is 1. The van der Waals surface area contributed by atoms with Crippen molar-refractivity contribution in [2.75, 3.05) is 18.8 Å². The number of benzene rings is 2. The number of fused-ring (bicyclic) bond motifs is 1. The molecule has 35 heavy (non-hydrogen) atoms. The summed E-state index contributed by atoms with van der Waals surface area (Å²) >= 11 is 0. The number of sulfone groups is 1. The van der Waals surface area contributed by atoms with Crippen LogP contribution in [-0.4, -0.2) is 49.5 Å². The fourth-order valence-electron chi connectivity index (χ4n) is 4.67. The third-order valence-electron chi connectivity index (χ3n) is 6.52. The average molecular weight is 497 g/mol. The molecule has 0 aromatic heterocycles. The fraction of sp³-hybridized carbons (Fsp3) is 0.481. The van der Waals surface area contributed by atoms with E-state index in [4.69, 9.17) is 14.7 Å². The highest BCUT2D eigenvalue weighted by atomic mass is 32.2. The van der Waals surface area contributed by atoms with E-state index >= 15 is 0 Å². The Morgan fingerprint density at radius 3 is 2.37 bits per heavy atom. The Morgan fingerprint density at radius 2 is 1.74 bits per heavy atom. The number of nitriles is 1. The average Bonchev–Trinajstić information content (AvgIpc) is 2.78. The maximum absolute atomic E-state index is 12.4. The van der Waals surface area contributed by atoms with Crippen LogP contribution in [0.5, 0.6) is 5.75 Å². The van der Waals surface area contributed by atoms with Gasteiger partial charge in [-0.3, -0.25) is 0 Å². The van der Waals surface area contributed by atoms with Gasteiger partial charge in [-0.2, -0.15) is 5.26 Å². The number of hydrogen-bond donors (Lipinski definition) is 0. The van der Waals surface area contributed by atoms with Gasteiger partial charge in [0, 0.05) is 25.9 Å². The third kappa shape index (κ3) is 6.15. The van der Waals surface area contributed by atoms with Gasteiger partial charge in [0.1, 0.15) is 22.7 Å². The van der Waals surface area contributed by atoms with Crippen molar-refractivity contribution < 1.29 is 22.7 Å². The van der Waals surface area contributed by atoms with Crippen molar-refractivity contribution in [2.24, 2.45) is 0 Å². The van der Waals surface area contributed by atoms with Crippen molar-refractivity contribution in [1.29, 1.82) is 5.26 Å². The van der Waals surface area contributed by atoms with E-state index in [0.29, 0.717) is 18.7 Å². The third-order valence-corrected chi connectivity index (χ3v) is 7.86. The molecule has 1 spiro atoms. The van der Waals surface area contributed by atoms with Gasteiger partial charge in [-0.25, -0.2) is 13.2 Å². The minimum absolute atomic E-state index is 0.133. The summed E-state index contributed by atoms with van der Waals surface area (Å²) in [5, 5.41) is 8.66. The summed E-state index contributed by atoms with van der Waals surface area (Å²) in [6.07, 6.45) is 3.11. The summed E-state index contributed by atoms with van der Waals surface area (Å²) in [5.41, 5.74) is 3.13. The Kier molecular flexibility index (Phi) is 6.83. The van der Waals surface area contributed by atoms with Gasteiger partial charge in [0.25, 0.3) is 0 Å². The van der Waals surface area contributed by atoms with E-state index in [9.17, 15) is 13.2 Å². The standard InChI is InChI=1S/C27H32N2O5S/c1-26(2,3)34-25(30)29-15-12-27(13-16-29)11-10-23-18-22(8-9-24(23)33-27)21-6-4-20(5-7-21)19-35(31,32)17-14-28/h4-9,18H,10-13,15-17,19H2,1-3H3. The number of ether oxygens (including phenoxy) is 2. The first-order valence-electron chi connectivity index (χ1n) is 11.9. The van der Waals surface area contributed by atoms with Crippen LogP contribution in [0.4, 0.5) is 4.79 Å². The minimum atomic E-state index is -3.41. The smallest absolute Gasteiger partial charge is 0.410 e. The molecule has 0 atom stereocenters. The van der Waals surface area contributed by atoms with E-state index in [1.165, 1.54) is 0 Å². The molecule has 2 aromatic carbocycles. The predicted molar refractivity (Wildman–Crippen MR) is 134 cm³/mol. The zero-order chi connectivity index (χ0) is 25.3. The highest BCUT2D eigenvalue weighted by molar-refractivity contribution is 7.90. The van der Waals surface area contributed by atoms with Crippen molar-refractivity contribution >= 4 is 15.9 Å². The van der Waals surface area contributed by atoms with Gasteiger partial charge >= 0.3 is 6.09 Å². The Hall–Kier alpha value is -3.05. The molecule has 2 heterocycles. The lowest BCUT2D eigenvalue weighted by Gasteiger charge is -2.44. The van der Waals surface area contributed by atoms with E-state index in [1.54, 1.807) is 23.1 Å². The van der Waals surface area contributed by atoms with Gasteiger partial charge in [-0.05, 0) is 68.0 Å². The molecule has 4 rings (SSSR count). The molecule has 0 unspecified atom stereocenters. The largest absolute Gasteiger partial charge is 0.487 e. The molecule has 1 saturated heterocycles. The zero-order valence-corrected chi connectivity index (χ0v) is 21.4. The van der Waals surface area contributed by atoms with Gasteiger partial charge in [0.15, 0.2) is 9.84 Å². The molecule has 186 valence electrons. The van der Waals surface area contributed by atoms with Crippen LogP contribution >= 0.6 is 0 Å². The number of piperidine rings is 1. The number of rotatable bonds is 4. The van der Waals surface area contributed by atoms with Crippen molar-refractivity contribution in [1.82, 2.24) is 4.90 Å². The number of hydrogen-bond acceptors (Lipinski definition) is 6. The van der Waals surface area contributed by atoms with Gasteiger partial charge < -0.3 is 14.4 Å². The number of amides is 1. The van der Waals surface area contributed by atoms with E-state index in [1.807, 2.05) is 45.0 Å². The molecule has 2 aliphatic heterocycles. The molecule has 0 saturated carbocycles. The first-order valence-corrected chi connectivity index (χ1v) is 13.8. The molecular weight excluding hydrogens is 464 g/mol. The summed E-state index contributed by atoms with van der Waals surface area (Å²) in [4.78, 5) is 14.2. The second-order valence-corrected chi connectivity index (χ2v) is 12.5. The van der Waals surface area contributed by atoms with E-state index in [-0.39, 0.29) is 17.4 Å². The normalized spacial score (nSPS) is 17.3. The molecule has 0 N–H and O–H groups in total. The van der Waals surface area contributed by atoms with Crippen LogP contribution in [0.15, 0.2) is 42.5 Å². The number of nitrogens with zero attached hydrogens (tertiary/aromatic N) is 2. The molecule has 8 heteroatoms. The van der Waals surface area contributed by atoms with Crippen LogP contribution in [0.25, 0.3) is 11.1 Å². The lowest BCUT2D eigenvalue weighted by molar-refractivity contribution is -0.0272. The van der Waals surface area contributed by atoms with E-state index < -0.39 is 21.2 Å². The highest BCUT2D eigenvalue weighted by Crippen LogP contribution is 2.41. The molecule has 1 amide bonds. The second kappa shape index (κ2) is 9.54. The van der Waals surface area contributed by atoms with Crippen molar-refractivity contribution in [2.45, 2.75) is 63.4 Å². The zero-order valence-electron chi connectivity index (χ0n) is 20.5. The first kappa shape index (κ1) is 25.1. The Morgan fingerprint density at radius 1 is 1.09 bits per heavy atom. The topological polar surface area (TPSA) is 96.7 Å². The summed E-state index contributed by atoms with van der Waals surface area (Å²) in [6, 6.07) is 15.3. The quantitative estimate of drug-likeness (QED) is 0.598. The Labute approximate surface area is 207 Å². The van der Waals surface area contributed by atoms with Crippen LogP contribution in [0, 0.1) is 11.3 Å². The lowest BCUT2D eigenvalue weighted by Crippen LogP contribution is -2.52. The van der Waals surface area contributed by atoms with Gasteiger partial charge in [0.2, 0.25) is 0 Å². The predicted octanol–water partition coefficient (Wildman–Crippen LogP) is 4.89. The SMILES string of the molecule is CC(C)(C)OC(=O)N1CCC2(CCc3cc(-c4ccc(CS(=O)(=O)CC#N)cc4)ccc3O2)CC1. The molecule has 0 radical (unpaired) electrons. The maximum atomic E-state index is 12.4. The van der Waals surface area contributed by atoms with Crippen molar-refractivity contribution in [3.63, 3.8) is 0 Å². The molecular formula is C27H32N2O5S. The number of likely N-dealkylation sites (tertiary alicyclic amines) is 1. The van der Waals surface area contributed by atoms with E-state index in [2.05, 4.69) is 6.07 Å². The maximum Gasteiger partial charge on any atom is 0.410 e. The highest BCUT2D eigenvalue weighted by Gasteiger charge is 2.41. The molecule has 0 bridgehead atoms. The first-order chi connectivity index (χ1) is 16.5. The fourth-order valence-corrected chi connectivity index (χ4v) is 5.67. The molecule has 2 aromatic rings. The molecule has 0 aliphatic carbocycles. The monoisotopic (exact) mass is 496 g/mol. The van der Waals surface area contributed by atoms with Crippen molar-refractivity contribution in [3.8, 4) is 22.9 Å². The summed E-state index contributed by atoms with van der Waals surface area (Å²) in [5.74, 6) is 0.289. The van der Waals surface area contributed by atoms with Gasteiger partial charge in [-0.1, -0.05) is 30.3 Å². The molecule has 7 nitrogen and oxygen atoms in total. The second-order valence-electron chi connectivity index (χ2n) is 10.5. The van der Waals surface area contributed by atoms with Gasteiger partial charge in [0.05, 0.1) is 11.8 Å². The van der Waals surface area contributed by atoms with E-state index in [0.717, 1.165) is 48.1 Å². The molecule has 1 fully saturated rings. The van der Waals surface area contributed by atoms with Crippen LogP contribution in [0.1, 0.15) is 51.2 Å². The number of aryl methyl sites for hydroxylation is 1. The Balaban J connectivity index is 1.40. The Bertz CT molecular complexity index is 1230. The van der Waals surface area contributed by atoms with Crippen LogP contribution in [0.3, 0.4) is 0 Å². The summed E-state index contributed by atoms with van der Waals surface area (Å²) < 4.78 is 35.8. The van der Waals surface area contributed by atoms with Gasteiger partial charge in [-0.15, -0.1) is 0 Å². The van der Waals surface area contributed by atoms with Crippen molar-refractivity contribution in [3.05, 3.63) is 53.6 Å². The lowest BCUT2D eigenvalue weighted by atomic mass is 9.82. The molecule has 2 aliphatic rings. The minimum Gasteiger partial charge on any atom is -0.487 e. The van der Waals surface area contributed by atoms with Crippen LogP contribution in [-0.2, 0) is 26.7 Å². The summed E-state index contributed by atoms with van der Waals surface area (Å²) in [6.45, 7) is 6.88.